The van der Waals surface area contributed by atoms with Gasteiger partial charge in [0.05, 0.1) is 0 Å². The molecule has 2 nitrogen and oxygen atoms in total. The smallest absolute Gasteiger partial charge is 0.0317 e. The van der Waals surface area contributed by atoms with Gasteiger partial charge < -0.3 is 5.84 Å². The SMILES string of the molecule is CC1=CC=CC(C)C1/C=N\N. The predicted molar refractivity (Wildman–Crippen MR) is 48.2 cm³/mol. The molecule has 2 N–H and O–H groups in total. The van der Waals surface area contributed by atoms with Gasteiger partial charge in [0.15, 0.2) is 0 Å². The van der Waals surface area contributed by atoms with Crippen LogP contribution in [0.1, 0.15) is 13.8 Å². The van der Waals surface area contributed by atoms with E-state index in [9.17, 15) is 0 Å². The number of hydrogen-bond donors (Lipinski definition) is 1. The first-order valence-electron chi connectivity index (χ1n) is 3.84. The first kappa shape index (κ1) is 8.05. The van der Waals surface area contributed by atoms with Crippen molar-refractivity contribution in [2.45, 2.75) is 13.8 Å². The number of nitrogens with zero attached hydrogens (tertiary/aromatic N) is 1. The Morgan fingerprint density at radius 2 is 2.36 bits per heavy atom. The Labute approximate surface area is 67.5 Å². The van der Waals surface area contributed by atoms with Gasteiger partial charge in [-0.1, -0.05) is 30.7 Å². The van der Waals surface area contributed by atoms with Crippen LogP contribution in [0.3, 0.4) is 0 Å². The molecular weight excluding hydrogens is 136 g/mol. The molecule has 1 aliphatic rings. The van der Waals surface area contributed by atoms with Crippen molar-refractivity contribution < 1.29 is 0 Å². The van der Waals surface area contributed by atoms with Crippen molar-refractivity contribution >= 4 is 6.21 Å². The van der Waals surface area contributed by atoms with Crippen LogP contribution in [0.4, 0.5) is 0 Å². The summed E-state index contributed by atoms with van der Waals surface area (Å²) in [6.07, 6.45) is 8.16. The highest BCUT2D eigenvalue weighted by Crippen LogP contribution is 2.23. The Balaban J connectivity index is 2.77. The molecule has 0 heterocycles. The molecule has 2 atom stereocenters. The lowest BCUT2D eigenvalue weighted by molar-refractivity contribution is 0.613. The molecule has 0 aromatic rings. The second-order valence-electron chi connectivity index (χ2n) is 2.98. The van der Waals surface area contributed by atoms with Crippen LogP contribution in [-0.2, 0) is 0 Å². The molecule has 0 aliphatic heterocycles. The molecule has 0 bridgehead atoms. The topological polar surface area (TPSA) is 38.4 Å². The maximum atomic E-state index is 5.10. The molecule has 0 aromatic carbocycles. The highest BCUT2D eigenvalue weighted by Gasteiger charge is 2.16. The average Bonchev–Trinajstić information content (AvgIpc) is 1.97. The minimum absolute atomic E-state index is 0.394. The van der Waals surface area contributed by atoms with Crippen molar-refractivity contribution in [3.05, 3.63) is 23.8 Å². The molecule has 0 aromatic heterocycles. The Kier molecular flexibility index (Phi) is 2.47. The summed E-state index contributed by atoms with van der Waals surface area (Å²) in [4.78, 5) is 0. The molecule has 0 fully saturated rings. The summed E-state index contributed by atoms with van der Waals surface area (Å²) >= 11 is 0. The summed E-state index contributed by atoms with van der Waals surface area (Å²) in [6, 6.07) is 0. The second kappa shape index (κ2) is 3.37. The van der Waals surface area contributed by atoms with Gasteiger partial charge >= 0.3 is 0 Å². The van der Waals surface area contributed by atoms with Crippen LogP contribution in [-0.4, -0.2) is 6.21 Å². The fourth-order valence-electron chi connectivity index (χ4n) is 1.37. The van der Waals surface area contributed by atoms with Crippen LogP contribution in [0.5, 0.6) is 0 Å². The Morgan fingerprint density at radius 3 is 2.91 bits per heavy atom. The van der Waals surface area contributed by atoms with E-state index in [1.165, 1.54) is 5.57 Å². The molecule has 60 valence electrons. The molecule has 1 aliphatic carbocycles. The minimum atomic E-state index is 0.394. The molecule has 1 rings (SSSR count). The average molecular weight is 150 g/mol. The van der Waals surface area contributed by atoms with E-state index in [1.54, 1.807) is 6.21 Å². The van der Waals surface area contributed by atoms with Crippen LogP contribution < -0.4 is 5.84 Å². The van der Waals surface area contributed by atoms with E-state index in [-0.39, 0.29) is 0 Å². The van der Waals surface area contributed by atoms with Gasteiger partial charge in [-0.05, 0) is 12.8 Å². The summed E-state index contributed by atoms with van der Waals surface area (Å²) in [7, 11) is 0. The third kappa shape index (κ3) is 1.70. The van der Waals surface area contributed by atoms with Crippen molar-refractivity contribution in [3.8, 4) is 0 Å². The largest absolute Gasteiger partial charge is 0.324 e. The second-order valence-corrected chi connectivity index (χ2v) is 2.98. The predicted octanol–water partition coefficient (Wildman–Crippen LogP) is 1.70. The minimum Gasteiger partial charge on any atom is -0.324 e. The molecule has 0 saturated carbocycles. The van der Waals surface area contributed by atoms with E-state index in [4.69, 9.17) is 5.84 Å². The number of hydrogen-bond acceptors (Lipinski definition) is 2. The van der Waals surface area contributed by atoms with Gasteiger partial charge in [-0.15, -0.1) is 0 Å². The molecule has 11 heavy (non-hydrogen) atoms. The lowest BCUT2D eigenvalue weighted by atomic mass is 9.85. The van der Waals surface area contributed by atoms with Crippen molar-refractivity contribution in [1.82, 2.24) is 0 Å². The van der Waals surface area contributed by atoms with Gasteiger partial charge in [0.1, 0.15) is 0 Å². The number of hydrazone groups is 1. The zero-order valence-electron chi connectivity index (χ0n) is 6.99. The standard InChI is InChI=1S/C9H14N2/c1-7-4-3-5-8(2)9(7)6-11-10/h3-7,9H,10H2,1-2H3/b11-6-. The third-order valence-electron chi connectivity index (χ3n) is 2.11. The van der Waals surface area contributed by atoms with E-state index in [0.29, 0.717) is 11.8 Å². The Bertz CT molecular complexity index is 214. The van der Waals surface area contributed by atoms with Crippen molar-refractivity contribution in [1.29, 1.82) is 0 Å². The van der Waals surface area contributed by atoms with Gasteiger partial charge in [0.25, 0.3) is 0 Å². The van der Waals surface area contributed by atoms with E-state index in [1.807, 2.05) is 0 Å². The summed E-state index contributed by atoms with van der Waals surface area (Å²) < 4.78 is 0. The molecular formula is C9H14N2. The van der Waals surface area contributed by atoms with Gasteiger partial charge in [-0.25, -0.2) is 0 Å². The summed E-state index contributed by atoms with van der Waals surface area (Å²) in [6.45, 7) is 4.27. The van der Waals surface area contributed by atoms with Crippen molar-refractivity contribution in [2.24, 2.45) is 22.8 Å². The van der Waals surface area contributed by atoms with E-state index in [0.717, 1.165) is 0 Å². The number of rotatable bonds is 1. The molecule has 2 unspecified atom stereocenters. The monoisotopic (exact) mass is 150 g/mol. The first-order valence-corrected chi connectivity index (χ1v) is 3.84. The van der Waals surface area contributed by atoms with Gasteiger partial charge in [-0.3, -0.25) is 0 Å². The molecule has 2 heteroatoms. The summed E-state index contributed by atoms with van der Waals surface area (Å²) in [5, 5.41) is 3.56. The van der Waals surface area contributed by atoms with Gasteiger partial charge in [0, 0.05) is 12.1 Å². The van der Waals surface area contributed by atoms with Crippen LogP contribution in [0.15, 0.2) is 28.9 Å². The van der Waals surface area contributed by atoms with Crippen LogP contribution in [0.25, 0.3) is 0 Å². The Hall–Kier alpha value is -1.05. The normalized spacial score (nSPS) is 30.9. The van der Waals surface area contributed by atoms with E-state index < -0.39 is 0 Å². The zero-order valence-corrected chi connectivity index (χ0v) is 6.99. The van der Waals surface area contributed by atoms with Crippen LogP contribution >= 0.6 is 0 Å². The maximum Gasteiger partial charge on any atom is 0.0317 e. The maximum absolute atomic E-state index is 5.10. The Morgan fingerprint density at radius 1 is 1.64 bits per heavy atom. The lowest BCUT2D eigenvalue weighted by Gasteiger charge is -2.20. The fraction of sp³-hybridized carbons (Fsp3) is 0.444. The highest BCUT2D eigenvalue weighted by atomic mass is 15.1. The van der Waals surface area contributed by atoms with Crippen LogP contribution in [0, 0.1) is 11.8 Å². The number of allylic oxidation sites excluding steroid dienone is 4. The van der Waals surface area contributed by atoms with Gasteiger partial charge in [-0.2, -0.15) is 5.10 Å². The lowest BCUT2D eigenvalue weighted by Crippen LogP contribution is -2.15. The molecule has 0 amide bonds. The van der Waals surface area contributed by atoms with Crippen molar-refractivity contribution in [3.63, 3.8) is 0 Å². The van der Waals surface area contributed by atoms with Crippen LogP contribution in [0.2, 0.25) is 0 Å². The summed E-state index contributed by atoms with van der Waals surface area (Å²) in [5.74, 6) is 6.02. The number of nitrogens with two attached hydrogens (primary N) is 1. The summed E-state index contributed by atoms with van der Waals surface area (Å²) in [5.41, 5.74) is 1.33. The van der Waals surface area contributed by atoms with E-state index >= 15 is 0 Å². The van der Waals surface area contributed by atoms with E-state index in [2.05, 4.69) is 37.2 Å². The zero-order chi connectivity index (χ0) is 8.27. The quantitative estimate of drug-likeness (QED) is 0.345. The van der Waals surface area contributed by atoms with Crippen molar-refractivity contribution in [2.75, 3.05) is 0 Å². The van der Waals surface area contributed by atoms with Gasteiger partial charge in [0.2, 0.25) is 0 Å². The first-order chi connectivity index (χ1) is 5.25. The molecule has 0 spiro atoms. The third-order valence-corrected chi connectivity index (χ3v) is 2.11. The molecule has 0 radical (unpaired) electrons. The fourth-order valence-corrected chi connectivity index (χ4v) is 1.37. The molecule has 0 saturated heterocycles. The highest BCUT2D eigenvalue weighted by molar-refractivity contribution is 5.66.